The first-order valence-corrected chi connectivity index (χ1v) is 9.14. The van der Waals surface area contributed by atoms with Gasteiger partial charge in [0.05, 0.1) is 6.33 Å². The summed E-state index contributed by atoms with van der Waals surface area (Å²) in [6.07, 6.45) is -0.465. The van der Waals surface area contributed by atoms with Gasteiger partial charge in [0.15, 0.2) is 17.4 Å². The monoisotopic (exact) mass is 428 g/mol. The van der Waals surface area contributed by atoms with Crippen molar-refractivity contribution >= 4 is 17.0 Å². The van der Waals surface area contributed by atoms with Crippen molar-refractivity contribution < 1.29 is 31.2 Å². The van der Waals surface area contributed by atoms with E-state index < -0.39 is 41.2 Å². The molecule has 3 aromatic rings. The number of furan rings is 1. The number of urea groups is 1. The van der Waals surface area contributed by atoms with Crippen molar-refractivity contribution in [3.05, 3.63) is 53.3 Å². The number of amides is 2. The van der Waals surface area contributed by atoms with E-state index in [-0.39, 0.29) is 17.0 Å². The van der Waals surface area contributed by atoms with Crippen molar-refractivity contribution in [2.24, 2.45) is 0 Å². The molecule has 0 radical (unpaired) electrons. The molecule has 4 rings (SSSR count). The first-order valence-electron chi connectivity index (χ1n) is 9.14. The van der Waals surface area contributed by atoms with Crippen LogP contribution in [0.1, 0.15) is 29.5 Å². The standard InChI is InChI=1S/C19H17F5N4O2/c1-9-13-4-10(20)5-14(21)16(13)30-15(9)17(19(22,23)24)27-18(29)26-11-2-3-12-6-25-8-28(12)7-11/h4-6,8,11,17H,2-3,7H2,1H3,(H2,26,27,29)/t11-,17+/m0/s1. The van der Waals surface area contributed by atoms with Crippen molar-refractivity contribution in [1.29, 1.82) is 0 Å². The summed E-state index contributed by atoms with van der Waals surface area (Å²) >= 11 is 0. The number of nitrogens with one attached hydrogen (secondary N) is 2. The second-order valence-corrected chi connectivity index (χ2v) is 7.22. The van der Waals surface area contributed by atoms with Crippen molar-refractivity contribution in [3.63, 3.8) is 0 Å². The molecule has 0 bridgehead atoms. The van der Waals surface area contributed by atoms with E-state index in [4.69, 9.17) is 4.42 Å². The van der Waals surface area contributed by atoms with Gasteiger partial charge < -0.3 is 19.6 Å². The van der Waals surface area contributed by atoms with Crippen LogP contribution in [0.25, 0.3) is 11.0 Å². The molecule has 2 N–H and O–H groups in total. The van der Waals surface area contributed by atoms with Gasteiger partial charge in [-0.25, -0.2) is 18.6 Å². The highest BCUT2D eigenvalue weighted by Gasteiger charge is 2.45. The van der Waals surface area contributed by atoms with Crippen LogP contribution in [0.4, 0.5) is 26.7 Å². The van der Waals surface area contributed by atoms with Gasteiger partial charge in [-0.3, -0.25) is 0 Å². The Kier molecular flexibility index (Phi) is 4.91. The minimum Gasteiger partial charge on any atom is -0.455 e. The third kappa shape index (κ3) is 3.71. The van der Waals surface area contributed by atoms with Crippen LogP contribution in [-0.2, 0) is 13.0 Å². The second-order valence-electron chi connectivity index (χ2n) is 7.22. The summed E-state index contributed by atoms with van der Waals surface area (Å²) in [5.41, 5.74) is 0.376. The zero-order valence-electron chi connectivity index (χ0n) is 15.7. The second kappa shape index (κ2) is 7.29. The molecular formula is C19H17F5N4O2. The molecule has 2 amide bonds. The third-order valence-electron chi connectivity index (χ3n) is 5.16. The molecule has 0 saturated carbocycles. The van der Waals surface area contributed by atoms with E-state index in [1.54, 1.807) is 12.5 Å². The number of aromatic nitrogens is 2. The molecule has 2 atom stereocenters. The van der Waals surface area contributed by atoms with Gasteiger partial charge in [0.1, 0.15) is 11.6 Å². The van der Waals surface area contributed by atoms with Crippen molar-refractivity contribution in [1.82, 2.24) is 20.2 Å². The Morgan fingerprint density at radius 3 is 2.83 bits per heavy atom. The molecular weight excluding hydrogens is 411 g/mol. The molecule has 1 aliphatic heterocycles. The van der Waals surface area contributed by atoms with E-state index in [2.05, 4.69) is 10.3 Å². The fourth-order valence-electron chi connectivity index (χ4n) is 3.68. The molecule has 1 aromatic carbocycles. The van der Waals surface area contributed by atoms with Gasteiger partial charge in [-0.1, -0.05) is 0 Å². The molecule has 11 heteroatoms. The Balaban J connectivity index is 1.57. The molecule has 6 nitrogen and oxygen atoms in total. The number of nitrogens with zero attached hydrogens (tertiary/aromatic N) is 2. The first-order chi connectivity index (χ1) is 14.1. The van der Waals surface area contributed by atoms with Crippen LogP contribution < -0.4 is 10.6 Å². The van der Waals surface area contributed by atoms with E-state index in [9.17, 15) is 26.7 Å². The maximum atomic E-state index is 13.9. The number of carbonyl (C=O) groups excluding carboxylic acids is 1. The van der Waals surface area contributed by atoms with E-state index in [1.807, 2.05) is 9.88 Å². The van der Waals surface area contributed by atoms with E-state index in [1.165, 1.54) is 6.92 Å². The van der Waals surface area contributed by atoms with Gasteiger partial charge in [0.2, 0.25) is 0 Å². The Hall–Kier alpha value is -3.11. The molecule has 0 unspecified atom stereocenters. The molecule has 1 aliphatic rings. The molecule has 0 saturated heterocycles. The lowest BCUT2D eigenvalue weighted by Gasteiger charge is -2.27. The molecule has 0 fully saturated rings. The van der Waals surface area contributed by atoms with Gasteiger partial charge in [0, 0.05) is 41.5 Å². The SMILES string of the molecule is Cc1c([C@@H](NC(=O)N[C@H]2CCc3cncn3C2)C(F)(F)F)oc2c(F)cc(F)cc12. The van der Waals surface area contributed by atoms with Crippen LogP contribution in [0.15, 0.2) is 29.1 Å². The number of imidazole rings is 1. The van der Waals surface area contributed by atoms with Crippen LogP contribution in [0.3, 0.4) is 0 Å². The zero-order chi connectivity index (χ0) is 21.6. The number of aryl methyl sites for hydroxylation is 2. The predicted molar refractivity (Wildman–Crippen MR) is 95.7 cm³/mol. The van der Waals surface area contributed by atoms with E-state index in [0.717, 1.165) is 11.8 Å². The summed E-state index contributed by atoms with van der Waals surface area (Å²) in [5, 5.41) is 4.26. The molecule has 0 aliphatic carbocycles. The highest BCUT2D eigenvalue weighted by molar-refractivity contribution is 5.83. The topological polar surface area (TPSA) is 72.1 Å². The highest BCUT2D eigenvalue weighted by atomic mass is 19.4. The van der Waals surface area contributed by atoms with Crippen LogP contribution in [0, 0.1) is 18.6 Å². The zero-order valence-corrected chi connectivity index (χ0v) is 15.7. The highest BCUT2D eigenvalue weighted by Crippen LogP contribution is 2.39. The number of hydrogen-bond acceptors (Lipinski definition) is 3. The maximum Gasteiger partial charge on any atom is 0.416 e. The van der Waals surface area contributed by atoms with Gasteiger partial charge in [-0.2, -0.15) is 13.2 Å². The Bertz CT molecular complexity index is 1100. The number of rotatable bonds is 3. The minimum absolute atomic E-state index is 0.105. The molecule has 2 aromatic heterocycles. The molecule has 30 heavy (non-hydrogen) atoms. The summed E-state index contributed by atoms with van der Waals surface area (Å²) in [7, 11) is 0. The third-order valence-corrected chi connectivity index (χ3v) is 5.16. The predicted octanol–water partition coefficient (Wildman–Crippen LogP) is 4.13. The Morgan fingerprint density at radius 1 is 1.33 bits per heavy atom. The lowest BCUT2D eigenvalue weighted by Crippen LogP contribution is -2.49. The lowest BCUT2D eigenvalue weighted by atomic mass is 10.1. The van der Waals surface area contributed by atoms with Crippen molar-refractivity contribution in [2.45, 2.75) is 44.6 Å². The number of carbonyl (C=O) groups is 1. The number of halogens is 5. The van der Waals surface area contributed by atoms with E-state index in [0.29, 0.717) is 25.5 Å². The summed E-state index contributed by atoms with van der Waals surface area (Å²) in [6.45, 7) is 1.63. The van der Waals surface area contributed by atoms with Gasteiger partial charge in [-0.15, -0.1) is 0 Å². The maximum absolute atomic E-state index is 13.9. The Morgan fingerprint density at radius 2 is 2.10 bits per heavy atom. The number of hydrogen-bond donors (Lipinski definition) is 2. The summed E-state index contributed by atoms with van der Waals surface area (Å²) in [5.74, 6) is -2.76. The fraction of sp³-hybridized carbons (Fsp3) is 0.368. The smallest absolute Gasteiger partial charge is 0.416 e. The van der Waals surface area contributed by atoms with Crippen LogP contribution in [-0.4, -0.2) is 27.8 Å². The van der Waals surface area contributed by atoms with Crippen molar-refractivity contribution in [2.75, 3.05) is 0 Å². The fourth-order valence-corrected chi connectivity index (χ4v) is 3.68. The normalized spacial score (nSPS) is 17.6. The number of alkyl halides is 3. The van der Waals surface area contributed by atoms with Gasteiger partial charge in [-0.05, 0) is 25.8 Å². The van der Waals surface area contributed by atoms with Crippen LogP contribution in [0.5, 0.6) is 0 Å². The molecule has 3 heterocycles. The number of fused-ring (bicyclic) bond motifs is 2. The average molecular weight is 428 g/mol. The molecule has 0 spiro atoms. The first kappa shape index (κ1) is 20.2. The molecule has 160 valence electrons. The largest absolute Gasteiger partial charge is 0.455 e. The summed E-state index contributed by atoms with van der Waals surface area (Å²) in [6, 6.07) is -2.55. The Labute approximate surface area is 167 Å². The van der Waals surface area contributed by atoms with Gasteiger partial charge in [0.25, 0.3) is 0 Å². The van der Waals surface area contributed by atoms with Crippen LogP contribution in [0.2, 0.25) is 0 Å². The van der Waals surface area contributed by atoms with Gasteiger partial charge >= 0.3 is 12.2 Å². The summed E-state index contributed by atoms with van der Waals surface area (Å²) < 4.78 is 75.4. The quantitative estimate of drug-likeness (QED) is 0.617. The van der Waals surface area contributed by atoms with Crippen LogP contribution >= 0.6 is 0 Å². The minimum atomic E-state index is -4.92. The van der Waals surface area contributed by atoms with E-state index >= 15 is 0 Å². The lowest BCUT2D eigenvalue weighted by molar-refractivity contribution is -0.158. The summed E-state index contributed by atoms with van der Waals surface area (Å²) in [4.78, 5) is 16.3. The average Bonchev–Trinajstić information content (AvgIpc) is 3.24. The van der Waals surface area contributed by atoms with Crippen molar-refractivity contribution in [3.8, 4) is 0 Å². The number of benzene rings is 1.